The second kappa shape index (κ2) is 6.03. The first-order valence-corrected chi connectivity index (χ1v) is 7.30. The summed E-state index contributed by atoms with van der Waals surface area (Å²) in [7, 11) is 0. The normalized spacial score (nSPS) is 11.0. The topological polar surface area (TPSA) is 78.7 Å². The molecule has 0 unspecified atom stereocenters. The maximum absolute atomic E-state index is 11.2. The van der Waals surface area contributed by atoms with Crippen molar-refractivity contribution >= 4 is 28.3 Å². The van der Waals surface area contributed by atoms with E-state index in [1.165, 1.54) is 0 Å². The van der Waals surface area contributed by atoms with Gasteiger partial charge in [-0.2, -0.15) is 0 Å². The van der Waals surface area contributed by atoms with Gasteiger partial charge in [0.2, 0.25) is 0 Å². The first kappa shape index (κ1) is 14.3. The molecular formula is C16H18N4O2. The SMILES string of the molecule is CCCc1c(NCC(=O)NO)nc2ccc3ccccc3n12. The van der Waals surface area contributed by atoms with Crippen LogP contribution in [0.3, 0.4) is 0 Å². The number of anilines is 1. The van der Waals surface area contributed by atoms with Crippen molar-refractivity contribution < 1.29 is 10.0 Å². The number of benzene rings is 1. The highest BCUT2D eigenvalue weighted by molar-refractivity contribution is 5.84. The summed E-state index contributed by atoms with van der Waals surface area (Å²) in [4.78, 5) is 15.8. The van der Waals surface area contributed by atoms with E-state index in [-0.39, 0.29) is 6.54 Å². The third-order valence-electron chi connectivity index (χ3n) is 3.62. The van der Waals surface area contributed by atoms with E-state index in [9.17, 15) is 4.79 Å². The van der Waals surface area contributed by atoms with Crippen molar-refractivity contribution in [3.8, 4) is 0 Å². The van der Waals surface area contributed by atoms with Gasteiger partial charge in [-0.3, -0.25) is 14.4 Å². The van der Waals surface area contributed by atoms with E-state index in [2.05, 4.69) is 33.8 Å². The van der Waals surface area contributed by atoms with Crippen molar-refractivity contribution in [2.24, 2.45) is 0 Å². The van der Waals surface area contributed by atoms with E-state index < -0.39 is 5.91 Å². The average molecular weight is 298 g/mol. The zero-order valence-electron chi connectivity index (χ0n) is 12.3. The molecule has 2 aromatic heterocycles. The van der Waals surface area contributed by atoms with Gasteiger partial charge in [0.1, 0.15) is 11.5 Å². The second-order valence-corrected chi connectivity index (χ2v) is 5.13. The van der Waals surface area contributed by atoms with Gasteiger partial charge in [0.25, 0.3) is 5.91 Å². The third kappa shape index (κ3) is 2.48. The van der Waals surface area contributed by atoms with Crippen LogP contribution in [0.25, 0.3) is 16.6 Å². The lowest BCUT2D eigenvalue weighted by atomic mass is 10.2. The standard InChI is InChI=1S/C16H18N4O2/c1-2-5-13-16(17-10-15(21)19-22)18-14-9-8-11-6-3-4-7-12(11)20(13)14/h3-4,6-9,17,22H,2,5,10H2,1H3,(H,19,21). The Morgan fingerprint density at radius 1 is 1.27 bits per heavy atom. The largest absolute Gasteiger partial charge is 0.359 e. The molecule has 0 spiro atoms. The number of carbonyl (C=O) groups is 1. The number of fused-ring (bicyclic) bond motifs is 3. The molecule has 3 rings (SSSR count). The van der Waals surface area contributed by atoms with Crippen molar-refractivity contribution in [3.63, 3.8) is 0 Å². The van der Waals surface area contributed by atoms with E-state index in [0.717, 1.165) is 35.1 Å². The Kier molecular flexibility index (Phi) is 3.93. The van der Waals surface area contributed by atoms with E-state index in [0.29, 0.717) is 5.82 Å². The van der Waals surface area contributed by atoms with Crippen LogP contribution in [0.5, 0.6) is 0 Å². The van der Waals surface area contributed by atoms with Gasteiger partial charge in [-0.25, -0.2) is 10.5 Å². The summed E-state index contributed by atoms with van der Waals surface area (Å²) in [6.45, 7) is 2.09. The quantitative estimate of drug-likeness (QED) is 0.499. The van der Waals surface area contributed by atoms with Crippen LogP contribution in [-0.2, 0) is 11.2 Å². The van der Waals surface area contributed by atoms with E-state index in [1.54, 1.807) is 5.48 Å². The molecule has 22 heavy (non-hydrogen) atoms. The van der Waals surface area contributed by atoms with Gasteiger partial charge in [0.05, 0.1) is 17.8 Å². The molecule has 3 N–H and O–H groups in total. The van der Waals surface area contributed by atoms with E-state index in [4.69, 9.17) is 5.21 Å². The molecular weight excluding hydrogens is 280 g/mol. The first-order chi connectivity index (χ1) is 10.7. The summed E-state index contributed by atoms with van der Waals surface area (Å²) in [5.74, 6) is 0.186. The predicted molar refractivity (Wildman–Crippen MR) is 85.1 cm³/mol. The van der Waals surface area contributed by atoms with Crippen LogP contribution in [0.1, 0.15) is 19.0 Å². The number of hydroxylamine groups is 1. The molecule has 3 aromatic rings. The number of carbonyl (C=O) groups excluding carboxylic acids is 1. The highest BCUT2D eigenvalue weighted by atomic mass is 16.5. The lowest BCUT2D eigenvalue weighted by Crippen LogP contribution is -2.27. The molecule has 0 atom stereocenters. The minimum absolute atomic E-state index is 0.0188. The van der Waals surface area contributed by atoms with Crippen LogP contribution >= 0.6 is 0 Å². The molecule has 1 aromatic carbocycles. The average Bonchev–Trinajstić information content (AvgIpc) is 2.91. The van der Waals surface area contributed by atoms with Gasteiger partial charge < -0.3 is 5.32 Å². The van der Waals surface area contributed by atoms with Crippen LogP contribution in [0, 0.1) is 0 Å². The number of pyridine rings is 1. The molecule has 0 fully saturated rings. The summed E-state index contributed by atoms with van der Waals surface area (Å²) >= 11 is 0. The van der Waals surface area contributed by atoms with Crippen LogP contribution in [0.4, 0.5) is 5.82 Å². The Balaban J connectivity index is 2.14. The monoisotopic (exact) mass is 298 g/mol. The summed E-state index contributed by atoms with van der Waals surface area (Å²) in [6, 6.07) is 12.2. The lowest BCUT2D eigenvalue weighted by molar-refractivity contribution is -0.127. The zero-order valence-corrected chi connectivity index (χ0v) is 12.3. The minimum Gasteiger partial charge on any atom is -0.359 e. The van der Waals surface area contributed by atoms with Crippen LogP contribution in [0.2, 0.25) is 0 Å². The molecule has 0 aliphatic carbocycles. The van der Waals surface area contributed by atoms with Crippen LogP contribution in [0.15, 0.2) is 36.4 Å². The molecule has 114 valence electrons. The Morgan fingerprint density at radius 3 is 2.86 bits per heavy atom. The Hall–Kier alpha value is -2.60. The van der Waals surface area contributed by atoms with Gasteiger partial charge >= 0.3 is 0 Å². The predicted octanol–water partition coefficient (Wildman–Crippen LogP) is 2.36. The number of nitrogens with zero attached hydrogens (tertiary/aromatic N) is 2. The number of rotatable bonds is 5. The fraction of sp³-hybridized carbons (Fsp3) is 0.250. The van der Waals surface area contributed by atoms with Crippen molar-refractivity contribution in [1.82, 2.24) is 14.9 Å². The minimum atomic E-state index is -0.496. The fourth-order valence-electron chi connectivity index (χ4n) is 2.66. The van der Waals surface area contributed by atoms with Gasteiger partial charge in [-0.1, -0.05) is 31.5 Å². The summed E-state index contributed by atoms with van der Waals surface area (Å²) in [5, 5.41) is 12.7. The molecule has 2 heterocycles. The van der Waals surface area contributed by atoms with Gasteiger partial charge in [0, 0.05) is 0 Å². The number of hydrogen-bond acceptors (Lipinski definition) is 4. The molecule has 1 amide bonds. The third-order valence-corrected chi connectivity index (χ3v) is 3.62. The first-order valence-electron chi connectivity index (χ1n) is 7.30. The lowest BCUT2D eigenvalue weighted by Gasteiger charge is -2.08. The molecule has 6 heteroatoms. The number of imidazole rings is 1. The summed E-state index contributed by atoms with van der Waals surface area (Å²) in [5.41, 5.74) is 4.59. The van der Waals surface area contributed by atoms with Crippen LogP contribution in [-0.4, -0.2) is 27.0 Å². The Morgan fingerprint density at radius 2 is 2.09 bits per heavy atom. The maximum atomic E-state index is 11.2. The van der Waals surface area contributed by atoms with Crippen LogP contribution < -0.4 is 10.8 Å². The maximum Gasteiger partial charge on any atom is 0.262 e. The summed E-state index contributed by atoms with van der Waals surface area (Å²) < 4.78 is 2.12. The molecule has 6 nitrogen and oxygen atoms in total. The number of para-hydroxylation sites is 1. The smallest absolute Gasteiger partial charge is 0.262 e. The number of hydrogen-bond donors (Lipinski definition) is 3. The van der Waals surface area contributed by atoms with Gasteiger partial charge in [-0.15, -0.1) is 0 Å². The molecule has 0 saturated heterocycles. The highest BCUT2D eigenvalue weighted by Crippen LogP contribution is 2.24. The molecule has 0 aliphatic rings. The Labute approximate surface area is 127 Å². The van der Waals surface area contributed by atoms with Gasteiger partial charge in [-0.05, 0) is 30.0 Å². The number of aromatic nitrogens is 2. The van der Waals surface area contributed by atoms with Gasteiger partial charge in [0.15, 0.2) is 0 Å². The Bertz CT molecular complexity index is 825. The second-order valence-electron chi connectivity index (χ2n) is 5.13. The van der Waals surface area contributed by atoms with Crippen molar-refractivity contribution in [1.29, 1.82) is 0 Å². The number of amides is 1. The number of aryl methyl sites for hydroxylation is 1. The summed E-state index contributed by atoms with van der Waals surface area (Å²) in [6.07, 6.45) is 1.82. The number of nitrogens with one attached hydrogen (secondary N) is 2. The molecule has 0 saturated carbocycles. The molecule has 0 radical (unpaired) electrons. The molecule has 0 aliphatic heterocycles. The van der Waals surface area contributed by atoms with E-state index >= 15 is 0 Å². The zero-order chi connectivity index (χ0) is 15.5. The fourth-order valence-corrected chi connectivity index (χ4v) is 2.66. The highest BCUT2D eigenvalue weighted by Gasteiger charge is 2.14. The molecule has 0 bridgehead atoms. The van der Waals surface area contributed by atoms with Crippen molar-refractivity contribution in [2.45, 2.75) is 19.8 Å². The van der Waals surface area contributed by atoms with Crippen molar-refractivity contribution in [2.75, 3.05) is 11.9 Å². The van der Waals surface area contributed by atoms with Crippen molar-refractivity contribution in [3.05, 3.63) is 42.1 Å². The van der Waals surface area contributed by atoms with E-state index in [1.807, 2.05) is 24.3 Å².